The van der Waals surface area contributed by atoms with Gasteiger partial charge in [0.05, 0.1) is 6.54 Å². The number of fused-ring (bicyclic) bond motifs is 1. The van der Waals surface area contributed by atoms with E-state index in [0.29, 0.717) is 41.8 Å². The van der Waals surface area contributed by atoms with Gasteiger partial charge in [-0.3, -0.25) is 13.9 Å². The number of amides is 1. The van der Waals surface area contributed by atoms with E-state index in [9.17, 15) is 14.4 Å². The van der Waals surface area contributed by atoms with Crippen molar-refractivity contribution in [1.29, 1.82) is 0 Å². The van der Waals surface area contributed by atoms with Gasteiger partial charge in [-0.15, -0.1) is 11.3 Å². The minimum absolute atomic E-state index is 0.105. The number of carbonyl (C=O) groups is 1. The van der Waals surface area contributed by atoms with Gasteiger partial charge in [0.25, 0.3) is 5.56 Å². The first-order chi connectivity index (χ1) is 17.4. The van der Waals surface area contributed by atoms with Gasteiger partial charge < -0.3 is 19.5 Å². The fourth-order valence-corrected chi connectivity index (χ4v) is 5.01. The second-order valence-corrected chi connectivity index (χ2v) is 11.5. The summed E-state index contributed by atoms with van der Waals surface area (Å²) in [4.78, 5) is 50.3. The zero-order valence-electron chi connectivity index (χ0n) is 22.3. The van der Waals surface area contributed by atoms with Gasteiger partial charge >= 0.3 is 11.8 Å². The summed E-state index contributed by atoms with van der Waals surface area (Å²) in [7, 11) is 1.63. The highest BCUT2D eigenvalue weighted by Crippen LogP contribution is 2.24. The molecular formula is C25H35N7O4S. The van der Waals surface area contributed by atoms with Crippen LogP contribution < -0.4 is 21.5 Å². The average molecular weight is 530 g/mol. The minimum atomic E-state index is -0.583. The van der Waals surface area contributed by atoms with Crippen LogP contribution in [0.1, 0.15) is 52.5 Å². The molecule has 0 spiro atoms. The fourth-order valence-electron chi connectivity index (χ4n) is 4.40. The lowest BCUT2D eigenvalue weighted by Gasteiger charge is -2.34. The van der Waals surface area contributed by atoms with Crippen molar-refractivity contribution < 1.29 is 9.53 Å². The number of allylic oxidation sites excluding steroid dienone is 2. The number of hydrogen-bond donors (Lipinski definition) is 1. The third kappa shape index (κ3) is 5.95. The van der Waals surface area contributed by atoms with E-state index >= 15 is 0 Å². The first kappa shape index (κ1) is 26.6. The van der Waals surface area contributed by atoms with Crippen LogP contribution in [0.25, 0.3) is 11.2 Å². The molecule has 4 heterocycles. The van der Waals surface area contributed by atoms with E-state index in [-0.39, 0.29) is 12.6 Å². The molecule has 1 aliphatic rings. The number of aromatic nitrogens is 5. The molecule has 3 aromatic rings. The van der Waals surface area contributed by atoms with Crippen LogP contribution in [0.2, 0.25) is 0 Å². The Bertz CT molecular complexity index is 1420. The standard InChI is InChI=1S/C25H35N7O4S/c1-16(2)9-12-31-19-20(29(6)24(35)32(21(19)33)15-18-26-10-13-37-18)28-22(31)30-11-7-8-17(14-30)27-23(34)36-25(3,4)5/h9-10,13,17H,7-8,11-12,14-15H2,1-6H3,(H,27,34). The molecule has 37 heavy (non-hydrogen) atoms. The molecule has 1 atom stereocenters. The Morgan fingerprint density at radius 2 is 2.03 bits per heavy atom. The van der Waals surface area contributed by atoms with E-state index in [4.69, 9.17) is 9.72 Å². The lowest BCUT2D eigenvalue weighted by atomic mass is 10.1. The Morgan fingerprint density at radius 1 is 1.27 bits per heavy atom. The zero-order chi connectivity index (χ0) is 26.9. The van der Waals surface area contributed by atoms with Crippen molar-refractivity contribution in [3.05, 3.63) is 49.1 Å². The molecule has 1 fully saturated rings. The minimum Gasteiger partial charge on any atom is -0.444 e. The van der Waals surface area contributed by atoms with Gasteiger partial charge in [0.2, 0.25) is 5.95 Å². The smallest absolute Gasteiger partial charge is 0.407 e. The number of imidazole rings is 1. The zero-order valence-corrected chi connectivity index (χ0v) is 23.1. The van der Waals surface area contributed by atoms with Crippen molar-refractivity contribution in [2.45, 2.75) is 72.2 Å². The molecule has 0 bridgehead atoms. The van der Waals surface area contributed by atoms with Crippen molar-refractivity contribution >= 4 is 34.5 Å². The van der Waals surface area contributed by atoms with Crippen LogP contribution in [0.5, 0.6) is 0 Å². The summed E-state index contributed by atoms with van der Waals surface area (Å²) in [6.07, 6.45) is 4.87. The lowest BCUT2D eigenvalue weighted by molar-refractivity contribution is 0.0499. The van der Waals surface area contributed by atoms with E-state index in [2.05, 4.69) is 15.2 Å². The second kappa shape index (κ2) is 10.5. The first-order valence-electron chi connectivity index (χ1n) is 12.4. The van der Waals surface area contributed by atoms with E-state index in [1.54, 1.807) is 13.2 Å². The molecule has 200 valence electrons. The monoisotopic (exact) mass is 529 g/mol. The third-order valence-corrected chi connectivity index (χ3v) is 6.86. The van der Waals surface area contributed by atoms with Crippen LogP contribution in [0.4, 0.5) is 10.7 Å². The Labute approximate surface area is 219 Å². The molecule has 11 nitrogen and oxygen atoms in total. The maximum atomic E-state index is 13.7. The molecule has 1 aliphatic heterocycles. The molecule has 0 aromatic carbocycles. The first-order valence-corrected chi connectivity index (χ1v) is 13.3. The summed E-state index contributed by atoms with van der Waals surface area (Å²) in [5.74, 6) is 0.599. The van der Waals surface area contributed by atoms with Crippen molar-refractivity contribution in [2.24, 2.45) is 7.05 Å². The molecule has 0 aliphatic carbocycles. The second-order valence-electron chi connectivity index (χ2n) is 10.6. The Hall–Kier alpha value is -3.41. The number of alkyl carbamates (subject to hydrolysis) is 1. The Morgan fingerprint density at radius 3 is 2.68 bits per heavy atom. The van der Waals surface area contributed by atoms with Crippen molar-refractivity contribution in [2.75, 3.05) is 18.0 Å². The summed E-state index contributed by atoms with van der Waals surface area (Å²) >= 11 is 1.40. The van der Waals surface area contributed by atoms with Crippen LogP contribution in [0.15, 0.2) is 32.8 Å². The number of ether oxygens (including phenoxy) is 1. The number of nitrogens with one attached hydrogen (secondary N) is 1. The molecule has 1 unspecified atom stereocenters. The van der Waals surface area contributed by atoms with Gasteiger partial charge in [0, 0.05) is 44.3 Å². The number of anilines is 1. The summed E-state index contributed by atoms with van der Waals surface area (Å²) in [5.41, 5.74) is 0.394. The summed E-state index contributed by atoms with van der Waals surface area (Å²) in [6, 6.07) is -0.134. The van der Waals surface area contributed by atoms with Crippen LogP contribution in [-0.4, -0.2) is 54.5 Å². The molecule has 0 radical (unpaired) electrons. The van der Waals surface area contributed by atoms with Crippen molar-refractivity contribution in [3.63, 3.8) is 0 Å². The highest BCUT2D eigenvalue weighted by atomic mass is 32.1. The third-order valence-electron chi connectivity index (χ3n) is 6.10. The van der Waals surface area contributed by atoms with E-state index in [1.165, 1.54) is 20.5 Å². The van der Waals surface area contributed by atoms with Gasteiger partial charge in [0.1, 0.15) is 10.6 Å². The maximum absolute atomic E-state index is 13.7. The Kier molecular flexibility index (Phi) is 7.58. The normalized spacial score (nSPS) is 16.2. The van der Waals surface area contributed by atoms with E-state index in [0.717, 1.165) is 18.4 Å². The van der Waals surface area contributed by atoms with Crippen LogP contribution in [0.3, 0.4) is 0 Å². The lowest BCUT2D eigenvalue weighted by Crippen LogP contribution is -2.49. The maximum Gasteiger partial charge on any atom is 0.407 e. The fraction of sp³-hybridized carbons (Fsp3) is 0.560. The molecule has 1 N–H and O–H groups in total. The number of nitrogens with zero attached hydrogens (tertiary/aromatic N) is 6. The molecule has 1 saturated heterocycles. The molecule has 4 rings (SSSR count). The van der Waals surface area contributed by atoms with Crippen LogP contribution in [-0.2, 0) is 24.9 Å². The average Bonchev–Trinajstić information content (AvgIpc) is 3.46. The van der Waals surface area contributed by atoms with Gasteiger partial charge in [0.15, 0.2) is 11.2 Å². The van der Waals surface area contributed by atoms with Gasteiger partial charge in [-0.05, 0) is 47.5 Å². The summed E-state index contributed by atoms with van der Waals surface area (Å²) < 4.78 is 9.95. The highest BCUT2D eigenvalue weighted by Gasteiger charge is 2.29. The molecule has 3 aromatic heterocycles. The molecule has 12 heteroatoms. The molecular weight excluding hydrogens is 494 g/mol. The predicted octanol–water partition coefficient (Wildman–Crippen LogP) is 2.86. The SMILES string of the molecule is CC(C)=CCn1c(N2CCCC(NC(=O)OC(C)(C)C)C2)nc2c1c(=O)n(Cc1nccs1)c(=O)n2C. The number of hydrogen-bond acceptors (Lipinski definition) is 8. The number of carbonyl (C=O) groups excluding carboxylic acids is 1. The van der Waals surface area contributed by atoms with Crippen molar-refractivity contribution in [1.82, 2.24) is 29.0 Å². The Balaban J connectivity index is 1.76. The number of thiazole rings is 1. The van der Waals surface area contributed by atoms with E-state index < -0.39 is 22.9 Å². The van der Waals surface area contributed by atoms with Crippen LogP contribution in [0, 0.1) is 0 Å². The summed E-state index contributed by atoms with van der Waals surface area (Å²) in [5, 5.41) is 5.47. The molecule has 1 amide bonds. The predicted molar refractivity (Wildman–Crippen MR) is 144 cm³/mol. The summed E-state index contributed by atoms with van der Waals surface area (Å²) in [6.45, 7) is 11.2. The molecule has 0 saturated carbocycles. The van der Waals surface area contributed by atoms with Gasteiger partial charge in [-0.1, -0.05) is 11.6 Å². The topological polar surface area (TPSA) is 116 Å². The highest BCUT2D eigenvalue weighted by molar-refractivity contribution is 7.09. The quantitative estimate of drug-likeness (QED) is 0.488. The van der Waals surface area contributed by atoms with Crippen molar-refractivity contribution in [3.8, 4) is 0 Å². The number of rotatable bonds is 6. The largest absolute Gasteiger partial charge is 0.444 e. The number of aryl methyl sites for hydroxylation is 1. The van der Waals surface area contributed by atoms with E-state index in [1.807, 2.05) is 50.6 Å². The van der Waals surface area contributed by atoms with Gasteiger partial charge in [-0.2, -0.15) is 4.98 Å². The van der Waals surface area contributed by atoms with Crippen LogP contribution >= 0.6 is 11.3 Å². The number of piperidine rings is 1. The van der Waals surface area contributed by atoms with Gasteiger partial charge in [-0.25, -0.2) is 14.6 Å².